The maximum atomic E-state index is 12.2. The molecule has 0 saturated carbocycles. The summed E-state index contributed by atoms with van der Waals surface area (Å²) in [5.41, 5.74) is 1.05. The van der Waals surface area contributed by atoms with Crippen LogP contribution in [0.3, 0.4) is 0 Å². The molecule has 0 heterocycles. The molecule has 0 aliphatic heterocycles. The third-order valence-corrected chi connectivity index (χ3v) is 4.00. The van der Waals surface area contributed by atoms with Crippen LogP contribution < -0.4 is 0 Å². The van der Waals surface area contributed by atoms with E-state index < -0.39 is 0 Å². The summed E-state index contributed by atoms with van der Waals surface area (Å²) in [5, 5.41) is 0. The molecular weight excluding hydrogens is 316 g/mol. The van der Waals surface area contributed by atoms with Crippen molar-refractivity contribution in [2.75, 3.05) is 0 Å². The zero-order valence-corrected chi connectivity index (χ0v) is 14.7. The molecule has 25 heavy (non-hydrogen) atoms. The zero-order valence-electron chi connectivity index (χ0n) is 14.7. The Bertz CT molecular complexity index is 607. The molecule has 4 heteroatoms. The van der Waals surface area contributed by atoms with Crippen molar-refractivity contribution in [1.29, 1.82) is 0 Å². The van der Waals surface area contributed by atoms with E-state index in [-0.39, 0.29) is 24.1 Å². The van der Waals surface area contributed by atoms with Gasteiger partial charge in [-0.1, -0.05) is 50.2 Å². The maximum Gasteiger partial charge on any atom is 0.338 e. The Morgan fingerprint density at radius 3 is 1.40 bits per heavy atom. The van der Waals surface area contributed by atoms with Gasteiger partial charge in [0, 0.05) is 6.42 Å². The first-order valence-electron chi connectivity index (χ1n) is 8.66. The Morgan fingerprint density at radius 1 is 0.720 bits per heavy atom. The van der Waals surface area contributed by atoms with E-state index in [1.54, 1.807) is 48.5 Å². The minimum Gasteiger partial charge on any atom is -0.459 e. The number of carbonyl (C=O) groups excluding carboxylic acids is 2. The number of rotatable bonds is 8. The molecule has 0 fully saturated rings. The SMILES string of the molecule is CC[C@H](C[C@@H](CC)OC(=O)c1ccccc1)OC(=O)c1ccccc1. The molecule has 2 atom stereocenters. The molecule has 2 aromatic rings. The molecule has 0 radical (unpaired) electrons. The topological polar surface area (TPSA) is 52.6 Å². The van der Waals surface area contributed by atoms with Crippen LogP contribution in [0, 0.1) is 0 Å². The van der Waals surface area contributed by atoms with Gasteiger partial charge in [0.15, 0.2) is 0 Å². The monoisotopic (exact) mass is 340 g/mol. The Labute approximate surface area is 148 Å². The average molecular weight is 340 g/mol. The van der Waals surface area contributed by atoms with Crippen LogP contribution in [-0.4, -0.2) is 24.1 Å². The van der Waals surface area contributed by atoms with E-state index in [4.69, 9.17) is 9.47 Å². The Hall–Kier alpha value is -2.62. The van der Waals surface area contributed by atoms with E-state index >= 15 is 0 Å². The van der Waals surface area contributed by atoms with Gasteiger partial charge in [0.25, 0.3) is 0 Å². The summed E-state index contributed by atoms with van der Waals surface area (Å²) in [7, 11) is 0. The van der Waals surface area contributed by atoms with Crippen molar-refractivity contribution in [2.24, 2.45) is 0 Å². The summed E-state index contributed by atoms with van der Waals surface area (Å²) in [6, 6.07) is 17.8. The summed E-state index contributed by atoms with van der Waals surface area (Å²) in [5.74, 6) is -0.701. The van der Waals surface area contributed by atoms with Gasteiger partial charge in [-0.05, 0) is 37.1 Å². The van der Waals surface area contributed by atoms with Crippen LogP contribution in [0.2, 0.25) is 0 Å². The maximum absolute atomic E-state index is 12.2. The smallest absolute Gasteiger partial charge is 0.338 e. The molecule has 0 amide bonds. The standard InChI is InChI=1S/C21H24O4/c1-3-18(24-20(22)16-11-7-5-8-12-16)15-19(4-2)25-21(23)17-13-9-6-10-14-17/h5-14,18-19H,3-4,15H2,1-2H3/t18-,19-/m1/s1. The molecule has 0 saturated heterocycles. The molecule has 0 N–H and O–H groups in total. The van der Waals surface area contributed by atoms with Gasteiger partial charge < -0.3 is 9.47 Å². The van der Waals surface area contributed by atoms with E-state index in [9.17, 15) is 9.59 Å². The predicted molar refractivity (Wildman–Crippen MR) is 96.5 cm³/mol. The van der Waals surface area contributed by atoms with Crippen molar-refractivity contribution in [2.45, 2.75) is 45.3 Å². The Morgan fingerprint density at radius 2 is 1.08 bits per heavy atom. The summed E-state index contributed by atoms with van der Waals surface area (Å²) >= 11 is 0. The highest BCUT2D eigenvalue weighted by Crippen LogP contribution is 2.16. The lowest BCUT2D eigenvalue weighted by Crippen LogP contribution is -2.26. The van der Waals surface area contributed by atoms with Crippen LogP contribution in [0.5, 0.6) is 0 Å². The highest BCUT2D eigenvalue weighted by atomic mass is 16.6. The van der Waals surface area contributed by atoms with Crippen LogP contribution in [0.4, 0.5) is 0 Å². The highest BCUT2D eigenvalue weighted by molar-refractivity contribution is 5.90. The third-order valence-electron chi connectivity index (χ3n) is 4.00. The number of benzene rings is 2. The van der Waals surface area contributed by atoms with Gasteiger partial charge in [0.2, 0.25) is 0 Å². The molecule has 0 aliphatic carbocycles. The van der Waals surface area contributed by atoms with Crippen molar-refractivity contribution in [3.8, 4) is 0 Å². The van der Waals surface area contributed by atoms with Crippen molar-refractivity contribution in [3.63, 3.8) is 0 Å². The van der Waals surface area contributed by atoms with Crippen molar-refractivity contribution < 1.29 is 19.1 Å². The molecule has 0 bridgehead atoms. The van der Waals surface area contributed by atoms with Crippen LogP contribution >= 0.6 is 0 Å². The molecule has 2 rings (SSSR count). The van der Waals surface area contributed by atoms with E-state index in [1.165, 1.54) is 0 Å². The summed E-state index contributed by atoms with van der Waals surface area (Å²) in [4.78, 5) is 24.4. The number of carbonyl (C=O) groups is 2. The molecular formula is C21H24O4. The molecule has 0 aliphatic rings. The lowest BCUT2D eigenvalue weighted by atomic mass is 10.1. The van der Waals surface area contributed by atoms with E-state index in [1.807, 2.05) is 26.0 Å². The van der Waals surface area contributed by atoms with Crippen molar-refractivity contribution in [3.05, 3.63) is 71.8 Å². The Kier molecular flexibility index (Phi) is 7.20. The van der Waals surface area contributed by atoms with Gasteiger partial charge in [-0.3, -0.25) is 0 Å². The van der Waals surface area contributed by atoms with E-state index in [0.29, 0.717) is 30.4 Å². The number of ether oxygens (including phenoxy) is 2. The molecule has 4 nitrogen and oxygen atoms in total. The van der Waals surface area contributed by atoms with E-state index in [2.05, 4.69) is 0 Å². The van der Waals surface area contributed by atoms with Gasteiger partial charge in [-0.15, -0.1) is 0 Å². The fraction of sp³-hybridized carbons (Fsp3) is 0.333. The second-order valence-corrected chi connectivity index (χ2v) is 5.84. The first-order chi connectivity index (χ1) is 12.1. The second-order valence-electron chi connectivity index (χ2n) is 5.84. The fourth-order valence-corrected chi connectivity index (χ4v) is 2.48. The number of hydrogen-bond acceptors (Lipinski definition) is 4. The molecule has 0 aromatic heterocycles. The summed E-state index contributed by atoms with van der Waals surface area (Å²) < 4.78 is 11.2. The number of esters is 2. The van der Waals surface area contributed by atoms with Crippen LogP contribution in [-0.2, 0) is 9.47 Å². The minimum absolute atomic E-state index is 0.291. The molecule has 0 unspecified atom stereocenters. The van der Waals surface area contributed by atoms with E-state index in [0.717, 1.165) is 0 Å². The van der Waals surface area contributed by atoms with Gasteiger partial charge in [-0.25, -0.2) is 9.59 Å². The van der Waals surface area contributed by atoms with Crippen LogP contribution in [0.25, 0.3) is 0 Å². The summed E-state index contributed by atoms with van der Waals surface area (Å²) in [6.07, 6.45) is 1.24. The molecule has 0 spiro atoms. The van der Waals surface area contributed by atoms with Gasteiger partial charge >= 0.3 is 11.9 Å². The molecule has 132 valence electrons. The second kappa shape index (κ2) is 9.62. The lowest BCUT2D eigenvalue weighted by molar-refractivity contribution is -0.00187. The summed E-state index contributed by atoms with van der Waals surface area (Å²) in [6.45, 7) is 3.91. The highest BCUT2D eigenvalue weighted by Gasteiger charge is 2.22. The molecule has 2 aromatic carbocycles. The van der Waals surface area contributed by atoms with Gasteiger partial charge in [0.05, 0.1) is 11.1 Å². The average Bonchev–Trinajstić information content (AvgIpc) is 2.67. The number of hydrogen-bond donors (Lipinski definition) is 0. The third kappa shape index (κ3) is 5.75. The first-order valence-corrected chi connectivity index (χ1v) is 8.66. The van der Waals surface area contributed by atoms with Crippen LogP contribution in [0.1, 0.15) is 53.8 Å². The minimum atomic E-state index is -0.350. The first kappa shape index (κ1) is 18.7. The zero-order chi connectivity index (χ0) is 18.1. The van der Waals surface area contributed by atoms with Crippen LogP contribution in [0.15, 0.2) is 60.7 Å². The van der Waals surface area contributed by atoms with Gasteiger partial charge in [0.1, 0.15) is 12.2 Å². The Balaban J connectivity index is 1.93. The van der Waals surface area contributed by atoms with Gasteiger partial charge in [-0.2, -0.15) is 0 Å². The quantitative estimate of drug-likeness (QED) is 0.657. The lowest BCUT2D eigenvalue weighted by Gasteiger charge is -2.22. The normalized spacial score (nSPS) is 12.9. The largest absolute Gasteiger partial charge is 0.459 e. The predicted octanol–water partition coefficient (Wildman–Crippen LogP) is 4.65. The van der Waals surface area contributed by atoms with Crippen molar-refractivity contribution in [1.82, 2.24) is 0 Å². The fourth-order valence-electron chi connectivity index (χ4n) is 2.48. The van der Waals surface area contributed by atoms with Crippen molar-refractivity contribution >= 4 is 11.9 Å².